The number of halogens is 1. The van der Waals surface area contributed by atoms with Crippen LogP contribution in [0, 0.1) is 0 Å². The van der Waals surface area contributed by atoms with E-state index in [1.165, 1.54) is 11.1 Å². The first-order chi connectivity index (χ1) is 13.6. The summed E-state index contributed by atoms with van der Waals surface area (Å²) in [6, 6.07) is 17.5. The van der Waals surface area contributed by atoms with Gasteiger partial charge >= 0.3 is 0 Å². The van der Waals surface area contributed by atoms with Crippen LogP contribution < -0.4 is 5.32 Å². The minimum Gasteiger partial charge on any atom is -0.351 e. The number of nitrogens with one attached hydrogen (secondary N) is 1. The average Bonchev–Trinajstić information content (AvgIpc) is 3.41. The number of likely N-dealkylation sites (tertiary alicyclic amines) is 1. The maximum atomic E-state index is 13.1. The number of benzene rings is 2. The topological polar surface area (TPSA) is 32.3 Å². The van der Waals surface area contributed by atoms with Gasteiger partial charge in [0.2, 0.25) is 5.91 Å². The molecular weight excluding hydrogens is 368 g/mol. The fourth-order valence-corrected chi connectivity index (χ4v) is 5.24. The van der Waals surface area contributed by atoms with Gasteiger partial charge in [-0.05, 0) is 73.9 Å². The number of carbonyl (C=O) groups is 1. The van der Waals surface area contributed by atoms with Crippen molar-refractivity contribution < 1.29 is 4.79 Å². The highest BCUT2D eigenvalue weighted by atomic mass is 35.5. The molecule has 1 N–H and O–H groups in total. The van der Waals surface area contributed by atoms with E-state index in [4.69, 9.17) is 11.6 Å². The van der Waals surface area contributed by atoms with Crippen LogP contribution in [0.2, 0.25) is 5.02 Å². The fourth-order valence-electron chi connectivity index (χ4n) is 5.11. The second-order valence-electron chi connectivity index (χ2n) is 8.73. The normalized spacial score (nSPS) is 24.0. The molecule has 1 aliphatic heterocycles. The molecular formula is C24H27ClN2O. The molecule has 0 spiro atoms. The Kier molecular flexibility index (Phi) is 4.68. The van der Waals surface area contributed by atoms with Gasteiger partial charge in [-0.25, -0.2) is 0 Å². The van der Waals surface area contributed by atoms with Gasteiger partial charge in [-0.3, -0.25) is 9.69 Å². The molecule has 1 atom stereocenters. The standard InChI is InChI=1S/C24H27ClN2O/c25-20-9-7-19(8-10-20)24(11-12-24)23(28)26-21-6-3-13-27(16-21)22-14-17-4-1-2-5-18(17)15-22/h1-2,4-5,7-10,21-22H,3,6,11-16H2,(H,26,28). The van der Waals surface area contributed by atoms with Gasteiger partial charge in [0.25, 0.3) is 0 Å². The van der Waals surface area contributed by atoms with E-state index in [-0.39, 0.29) is 17.4 Å². The van der Waals surface area contributed by atoms with E-state index in [0.717, 1.165) is 62.2 Å². The van der Waals surface area contributed by atoms with Gasteiger partial charge in [0, 0.05) is 23.7 Å². The van der Waals surface area contributed by atoms with Crippen LogP contribution in [0.4, 0.5) is 0 Å². The van der Waals surface area contributed by atoms with Crippen molar-refractivity contribution in [1.29, 1.82) is 0 Å². The smallest absolute Gasteiger partial charge is 0.230 e. The van der Waals surface area contributed by atoms with Crippen LogP contribution >= 0.6 is 11.6 Å². The third-order valence-corrected chi connectivity index (χ3v) is 7.17. The zero-order valence-electron chi connectivity index (χ0n) is 16.2. The van der Waals surface area contributed by atoms with E-state index in [2.05, 4.69) is 34.5 Å². The SMILES string of the molecule is O=C(NC1CCCN(C2Cc3ccccc3C2)C1)C1(c2ccc(Cl)cc2)CC1. The lowest BCUT2D eigenvalue weighted by molar-refractivity contribution is -0.124. The molecule has 0 aromatic heterocycles. The summed E-state index contributed by atoms with van der Waals surface area (Å²) in [6.07, 6.45) is 6.41. The second-order valence-corrected chi connectivity index (χ2v) is 9.16. The maximum Gasteiger partial charge on any atom is 0.230 e. The molecule has 1 unspecified atom stereocenters. The van der Waals surface area contributed by atoms with Gasteiger partial charge in [-0.2, -0.15) is 0 Å². The van der Waals surface area contributed by atoms with Crippen molar-refractivity contribution in [2.24, 2.45) is 0 Å². The predicted molar refractivity (Wildman–Crippen MR) is 113 cm³/mol. The van der Waals surface area contributed by atoms with Gasteiger partial charge in [-0.15, -0.1) is 0 Å². The van der Waals surface area contributed by atoms with E-state index in [9.17, 15) is 4.79 Å². The molecule has 3 nitrogen and oxygen atoms in total. The van der Waals surface area contributed by atoms with Crippen LogP contribution in [0.5, 0.6) is 0 Å². The van der Waals surface area contributed by atoms with Crippen LogP contribution in [0.25, 0.3) is 0 Å². The first kappa shape index (κ1) is 18.2. The number of fused-ring (bicyclic) bond motifs is 1. The highest BCUT2D eigenvalue weighted by Gasteiger charge is 2.51. The van der Waals surface area contributed by atoms with Gasteiger partial charge in [-0.1, -0.05) is 48.0 Å². The predicted octanol–water partition coefficient (Wildman–Crippen LogP) is 4.12. The highest BCUT2D eigenvalue weighted by molar-refractivity contribution is 6.30. The summed E-state index contributed by atoms with van der Waals surface area (Å²) in [5, 5.41) is 4.12. The Morgan fingerprint density at radius 2 is 1.71 bits per heavy atom. The van der Waals surface area contributed by atoms with Crippen LogP contribution in [0.15, 0.2) is 48.5 Å². The van der Waals surface area contributed by atoms with Crippen molar-refractivity contribution in [3.05, 3.63) is 70.2 Å². The summed E-state index contributed by atoms with van der Waals surface area (Å²) >= 11 is 6.02. The molecule has 2 aliphatic carbocycles. The maximum absolute atomic E-state index is 13.1. The summed E-state index contributed by atoms with van der Waals surface area (Å²) in [4.78, 5) is 15.7. The van der Waals surface area contributed by atoms with Crippen LogP contribution in [0.1, 0.15) is 42.4 Å². The Morgan fingerprint density at radius 1 is 1.04 bits per heavy atom. The third kappa shape index (κ3) is 3.35. The minimum atomic E-state index is -0.323. The summed E-state index contributed by atoms with van der Waals surface area (Å²) in [5.41, 5.74) is 3.78. The monoisotopic (exact) mass is 394 g/mol. The summed E-state index contributed by atoms with van der Waals surface area (Å²) < 4.78 is 0. The molecule has 4 heteroatoms. The average molecular weight is 395 g/mol. The molecule has 1 heterocycles. The number of amides is 1. The second kappa shape index (κ2) is 7.20. The summed E-state index contributed by atoms with van der Waals surface area (Å²) in [6.45, 7) is 2.12. The number of piperidine rings is 1. The zero-order chi connectivity index (χ0) is 19.1. The molecule has 1 saturated heterocycles. The van der Waals surface area contributed by atoms with Crippen molar-refractivity contribution >= 4 is 17.5 Å². The lowest BCUT2D eigenvalue weighted by Gasteiger charge is -2.37. The molecule has 1 saturated carbocycles. The molecule has 2 aromatic rings. The largest absolute Gasteiger partial charge is 0.351 e. The van der Waals surface area contributed by atoms with E-state index in [0.29, 0.717) is 6.04 Å². The Hall–Kier alpha value is -1.84. The molecule has 2 fully saturated rings. The van der Waals surface area contributed by atoms with Crippen molar-refractivity contribution in [2.45, 2.75) is 56.0 Å². The number of carbonyl (C=O) groups excluding carboxylic acids is 1. The number of hydrogen-bond donors (Lipinski definition) is 1. The zero-order valence-corrected chi connectivity index (χ0v) is 16.9. The Morgan fingerprint density at radius 3 is 2.36 bits per heavy atom. The Bertz CT molecular complexity index is 849. The van der Waals surface area contributed by atoms with E-state index in [1.807, 2.05) is 24.3 Å². The Balaban J connectivity index is 1.23. The number of rotatable bonds is 4. The highest BCUT2D eigenvalue weighted by Crippen LogP contribution is 2.48. The molecule has 28 heavy (non-hydrogen) atoms. The fraction of sp³-hybridized carbons (Fsp3) is 0.458. The minimum absolute atomic E-state index is 0.205. The van der Waals surface area contributed by atoms with Gasteiger partial charge in [0.15, 0.2) is 0 Å². The molecule has 5 rings (SSSR count). The number of nitrogens with zero attached hydrogens (tertiary/aromatic N) is 1. The molecule has 2 aromatic carbocycles. The van der Waals surface area contributed by atoms with Gasteiger partial charge < -0.3 is 5.32 Å². The van der Waals surface area contributed by atoms with Crippen molar-refractivity contribution in [3.63, 3.8) is 0 Å². The van der Waals surface area contributed by atoms with Crippen molar-refractivity contribution in [3.8, 4) is 0 Å². The Labute approximate surface area is 172 Å². The lowest BCUT2D eigenvalue weighted by atomic mass is 9.93. The lowest BCUT2D eigenvalue weighted by Crippen LogP contribution is -2.53. The first-order valence-corrected chi connectivity index (χ1v) is 10.9. The van der Waals surface area contributed by atoms with Crippen LogP contribution in [0.3, 0.4) is 0 Å². The van der Waals surface area contributed by atoms with Gasteiger partial charge in [0.1, 0.15) is 0 Å². The van der Waals surface area contributed by atoms with Crippen LogP contribution in [-0.2, 0) is 23.1 Å². The first-order valence-electron chi connectivity index (χ1n) is 10.5. The molecule has 3 aliphatic rings. The van der Waals surface area contributed by atoms with E-state index >= 15 is 0 Å². The van der Waals surface area contributed by atoms with Crippen molar-refractivity contribution in [2.75, 3.05) is 13.1 Å². The third-order valence-electron chi connectivity index (χ3n) is 6.92. The summed E-state index contributed by atoms with van der Waals surface area (Å²) in [7, 11) is 0. The van der Waals surface area contributed by atoms with Gasteiger partial charge in [0.05, 0.1) is 5.41 Å². The van der Waals surface area contributed by atoms with E-state index in [1.54, 1.807) is 0 Å². The number of hydrogen-bond acceptors (Lipinski definition) is 2. The summed E-state index contributed by atoms with van der Waals surface area (Å²) in [5.74, 6) is 0.205. The quantitative estimate of drug-likeness (QED) is 0.845. The van der Waals surface area contributed by atoms with Crippen molar-refractivity contribution in [1.82, 2.24) is 10.2 Å². The van der Waals surface area contributed by atoms with E-state index < -0.39 is 0 Å². The van der Waals surface area contributed by atoms with Crippen LogP contribution in [-0.4, -0.2) is 36.0 Å². The molecule has 0 radical (unpaired) electrons. The molecule has 0 bridgehead atoms. The molecule has 146 valence electrons. The molecule has 1 amide bonds.